The number of hydrogen-bond acceptors (Lipinski definition) is 4. The molecule has 0 saturated heterocycles. The molecule has 1 aromatic carbocycles. The van der Waals surface area contributed by atoms with E-state index in [4.69, 9.17) is 10.5 Å². The van der Waals surface area contributed by atoms with Gasteiger partial charge in [-0.25, -0.2) is 4.98 Å². The van der Waals surface area contributed by atoms with Gasteiger partial charge in [0.1, 0.15) is 11.6 Å². The zero-order valence-electron chi connectivity index (χ0n) is 9.87. The highest BCUT2D eigenvalue weighted by molar-refractivity contribution is 5.54. The van der Waals surface area contributed by atoms with Gasteiger partial charge in [-0.15, -0.1) is 0 Å². The number of rotatable bonds is 2. The smallest absolute Gasteiger partial charge is 0.265 e. The van der Waals surface area contributed by atoms with Crippen molar-refractivity contribution in [1.29, 1.82) is 0 Å². The first kappa shape index (κ1) is 10.6. The van der Waals surface area contributed by atoms with E-state index in [1.165, 1.54) is 5.56 Å². The SMILES string of the molecule is Cc1ccc(Oc2nc(N)cn3ccnc23)cc1. The van der Waals surface area contributed by atoms with Crippen LogP contribution in [0.4, 0.5) is 5.82 Å². The van der Waals surface area contributed by atoms with E-state index in [-0.39, 0.29) is 0 Å². The van der Waals surface area contributed by atoms with Gasteiger partial charge in [0.15, 0.2) is 0 Å². The van der Waals surface area contributed by atoms with Crippen LogP contribution in [0, 0.1) is 6.92 Å². The number of ether oxygens (including phenoxy) is 1. The molecule has 0 bridgehead atoms. The van der Waals surface area contributed by atoms with E-state index in [2.05, 4.69) is 9.97 Å². The number of aryl methyl sites for hydroxylation is 1. The van der Waals surface area contributed by atoms with Gasteiger partial charge in [-0.2, -0.15) is 4.98 Å². The predicted octanol–water partition coefficient (Wildman–Crippen LogP) is 2.41. The van der Waals surface area contributed by atoms with Crippen molar-refractivity contribution in [2.45, 2.75) is 6.92 Å². The highest BCUT2D eigenvalue weighted by Gasteiger charge is 2.08. The van der Waals surface area contributed by atoms with Crippen molar-refractivity contribution in [2.75, 3.05) is 5.73 Å². The van der Waals surface area contributed by atoms with E-state index in [1.807, 2.05) is 31.2 Å². The fourth-order valence-corrected chi connectivity index (χ4v) is 1.71. The van der Waals surface area contributed by atoms with E-state index < -0.39 is 0 Å². The van der Waals surface area contributed by atoms with Gasteiger partial charge in [0.05, 0.1) is 6.20 Å². The van der Waals surface area contributed by atoms with Crippen LogP contribution in [0.2, 0.25) is 0 Å². The van der Waals surface area contributed by atoms with Gasteiger partial charge in [-0.1, -0.05) is 17.7 Å². The van der Waals surface area contributed by atoms with Crippen molar-refractivity contribution < 1.29 is 4.74 Å². The average molecular weight is 240 g/mol. The molecule has 0 unspecified atom stereocenters. The Morgan fingerprint density at radius 3 is 2.78 bits per heavy atom. The van der Waals surface area contributed by atoms with E-state index in [0.29, 0.717) is 23.1 Å². The van der Waals surface area contributed by atoms with Crippen LogP contribution in [-0.4, -0.2) is 14.4 Å². The molecule has 0 saturated carbocycles. The Hall–Kier alpha value is -2.56. The molecule has 18 heavy (non-hydrogen) atoms. The Balaban J connectivity index is 2.03. The highest BCUT2D eigenvalue weighted by Crippen LogP contribution is 2.24. The predicted molar refractivity (Wildman–Crippen MR) is 68.7 cm³/mol. The number of nitrogens with zero attached hydrogens (tertiary/aromatic N) is 3. The summed E-state index contributed by atoms with van der Waals surface area (Å²) in [5, 5.41) is 0. The van der Waals surface area contributed by atoms with Crippen LogP contribution < -0.4 is 10.5 Å². The summed E-state index contributed by atoms with van der Waals surface area (Å²) in [7, 11) is 0. The molecule has 90 valence electrons. The standard InChI is InChI=1S/C13H12N4O/c1-9-2-4-10(5-3-9)18-13-12-15-6-7-17(12)8-11(14)16-13/h2-8H,14H2,1H3. The van der Waals surface area contributed by atoms with E-state index >= 15 is 0 Å². The summed E-state index contributed by atoms with van der Waals surface area (Å²) in [5.74, 6) is 1.51. The van der Waals surface area contributed by atoms with Gasteiger partial charge in [-0.3, -0.25) is 4.40 Å². The maximum absolute atomic E-state index is 5.72. The number of fused-ring (bicyclic) bond motifs is 1. The summed E-state index contributed by atoms with van der Waals surface area (Å²) in [5.41, 5.74) is 7.54. The van der Waals surface area contributed by atoms with Crippen LogP contribution in [0.25, 0.3) is 5.65 Å². The summed E-state index contributed by atoms with van der Waals surface area (Å²) in [6.07, 6.45) is 5.18. The number of aromatic nitrogens is 3. The minimum atomic E-state index is 0.391. The van der Waals surface area contributed by atoms with E-state index in [9.17, 15) is 0 Å². The maximum Gasteiger partial charge on any atom is 0.265 e. The average Bonchev–Trinajstić information content (AvgIpc) is 2.80. The molecule has 2 aromatic heterocycles. The summed E-state index contributed by atoms with van der Waals surface area (Å²) < 4.78 is 7.49. The summed E-state index contributed by atoms with van der Waals surface area (Å²) >= 11 is 0. The van der Waals surface area contributed by atoms with E-state index in [0.717, 1.165) is 0 Å². The van der Waals surface area contributed by atoms with Gasteiger partial charge in [0.2, 0.25) is 5.65 Å². The van der Waals surface area contributed by atoms with Crippen LogP contribution in [0.15, 0.2) is 42.9 Å². The zero-order chi connectivity index (χ0) is 12.5. The van der Waals surface area contributed by atoms with E-state index in [1.54, 1.807) is 23.0 Å². The Labute approximate surface area is 104 Å². The van der Waals surface area contributed by atoms with Crippen LogP contribution in [0.1, 0.15) is 5.56 Å². The molecule has 0 spiro atoms. The second kappa shape index (κ2) is 4.03. The molecule has 0 atom stereocenters. The summed E-state index contributed by atoms with van der Waals surface area (Å²) in [4.78, 5) is 8.36. The third-order valence-electron chi connectivity index (χ3n) is 2.60. The molecule has 0 amide bonds. The Bertz CT molecular complexity index is 688. The van der Waals surface area contributed by atoms with Crippen molar-refractivity contribution in [3.05, 3.63) is 48.4 Å². The topological polar surface area (TPSA) is 65.4 Å². The first-order valence-electron chi connectivity index (χ1n) is 5.56. The summed E-state index contributed by atoms with van der Waals surface area (Å²) in [6.45, 7) is 2.02. The molecule has 0 aliphatic heterocycles. The second-order valence-electron chi connectivity index (χ2n) is 4.04. The maximum atomic E-state index is 5.72. The van der Waals surface area contributed by atoms with Crippen LogP contribution in [-0.2, 0) is 0 Å². The quantitative estimate of drug-likeness (QED) is 0.747. The number of imidazole rings is 1. The number of hydrogen-bond donors (Lipinski definition) is 1. The molecule has 3 rings (SSSR count). The molecule has 5 nitrogen and oxygen atoms in total. The lowest BCUT2D eigenvalue weighted by molar-refractivity contribution is 0.466. The molecular weight excluding hydrogens is 228 g/mol. The van der Waals surface area contributed by atoms with Gasteiger partial charge in [0.25, 0.3) is 5.88 Å². The van der Waals surface area contributed by atoms with Gasteiger partial charge in [0, 0.05) is 12.4 Å². The third-order valence-corrected chi connectivity index (χ3v) is 2.60. The Morgan fingerprint density at radius 1 is 1.22 bits per heavy atom. The van der Waals surface area contributed by atoms with Crippen molar-refractivity contribution in [3.8, 4) is 11.6 Å². The van der Waals surface area contributed by atoms with Crippen LogP contribution in [0.3, 0.4) is 0 Å². The van der Waals surface area contributed by atoms with Gasteiger partial charge >= 0.3 is 0 Å². The minimum absolute atomic E-state index is 0.391. The van der Waals surface area contributed by atoms with Crippen LogP contribution in [0.5, 0.6) is 11.6 Å². The van der Waals surface area contributed by atoms with Crippen molar-refractivity contribution in [1.82, 2.24) is 14.4 Å². The molecule has 0 aliphatic rings. The number of anilines is 1. The van der Waals surface area contributed by atoms with Crippen LogP contribution >= 0.6 is 0 Å². The second-order valence-corrected chi connectivity index (χ2v) is 4.04. The first-order valence-corrected chi connectivity index (χ1v) is 5.56. The summed E-state index contributed by atoms with van der Waals surface area (Å²) in [6, 6.07) is 7.73. The molecule has 2 heterocycles. The highest BCUT2D eigenvalue weighted by atomic mass is 16.5. The third kappa shape index (κ3) is 1.86. The first-order chi connectivity index (χ1) is 8.72. The Morgan fingerprint density at radius 2 is 2.00 bits per heavy atom. The molecule has 3 aromatic rings. The fraction of sp³-hybridized carbons (Fsp3) is 0.0769. The number of nitrogen functional groups attached to an aromatic ring is 1. The van der Waals surface area contributed by atoms with Crippen molar-refractivity contribution in [2.24, 2.45) is 0 Å². The van der Waals surface area contributed by atoms with Gasteiger partial charge < -0.3 is 10.5 Å². The fourth-order valence-electron chi connectivity index (χ4n) is 1.71. The monoisotopic (exact) mass is 240 g/mol. The largest absolute Gasteiger partial charge is 0.436 e. The number of nitrogens with two attached hydrogens (primary N) is 1. The number of benzene rings is 1. The normalized spacial score (nSPS) is 10.7. The lowest BCUT2D eigenvalue weighted by atomic mass is 10.2. The Kier molecular flexibility index (Phi) is 2.37. The molecule has 0 aliphatic carbocycles. The lowest BCUT2D eigenvalue weighted by Gasteiger charge is -2.07. The molecule has 2 N–H and O–H groups in total. The van der Waals surface area contributed by atoms with Crippen molar-refractivity contribution >= 4 is 11.5 Å². The molecule has 0 fully saturated rings. The lowest BCUT2D eigenvalue weighted by Crippen LogP contribution is -1.98. The molecule has 0 radical (unpaired) electrons. The molecular formula is C13H12N4O. The minimum Gasteiger partial charge on any atom is -0.436 e. The van der Waals surface area contributed by atoms with Crippen molar-refractivity contribution in [3.63, 3.8) is 0 Å². The van der Waals surface area contributed by atoms with Gasteiger partial charge in [-0.05, 0) is 19.1 Å². The molecule has 5 heteroatoms. The zero-order valence-corrected chi connectivity index (χ0v) is 9.87.